The molecule has 2 atom stereocenters. The lowest BCUT2D eigenvalue weighted by Gasteiger charge is -2.44. The lowest BCUT2D eigenvalue weighted by molar-refractivity contribution is -0.122. The molecule has 1 saturated heterocycles. The molecule has 3 aliphatic heterocycles. The van der Waals surface area contributed by atoms with Crippen molar-refractivity contribution >= 4 is 28.7 Å². The third kappa shape index (κ3) is 4.57. The van der Waals surface area contributed by atoms with E-state index in [1.54, 1.807) is 11.0 Å². The molecular weight excluding hydrogens is 458 g/mol. The molecule has 0 bridgehead atoms. The van der Waals surface area contributed by atoms with Crippen LogP contribution in [0.2, 0.25) is 5.02 Å². The number of nitrogens with zero attached hydrogens (tertiary/aromatic N) is 5. The zero-order chi connectivity index (χ0) is 24.9. The lowest BCUT2D eigenvalue weighted by Crippen LogP contribution is -2.53. The number of piperazine rings is 1. The number of pyridine rings is 1. The van der Waals surface area contributed by atoms with E-state index in [1.165, 1.54) is 0 Å². The van der Waals surface area contributed by atoms with Gasteiger partial charge < -0.3 is 9.30 Å². The van der Waals surface area contributed by atoms with Crippen LogP contribution in [0.25, 0.3) is 11.2 Å². The number of allylic oxidation sites excluding steroid dienone is 4. The molecule has 0 aromatic carbocycles. The van der Waals surface area contributed by atoms with Gasteiger partial charge in [-0.15, -0.1) is 0 Å². The largest absolute Gasteiger partial charge is 0.367 e. The van der Waals surface area contributed by atoms with Crippen LogP contribution in [0.5, 0.6) is 0 Å². The molecular formula is C28H34ClN5O. The standard InChI is InChI=1S/C28H34ClN5O/c1-18(2)33-11-10-31(15-21(33)5)24-9-8-23-7-6-19(3)25(13-27(35)34(23)17-24)22-12-26(29)28-30-20(4)14-32(28)16-22/h7-9,12-14,16-19,21H,6,10-11,15H2,1-5H3. The maximum atomic E-state index is 13.6. The normalized spacial score (nSPS) is 23.7. The predicted octanol–water partition coefficient (Wildman–Crippen LogP) is 5.26. The van der Waals surface area contributed by atoms with Crippen LogP contribution >= 0.6 is 11.6 Å². The molecule has 35 heavy (non-hydrogen) atoms. The van der Waals surface area contributed by atoms with E-state index in [0.717, 1.165) is 59.9 Å². The van der Waals surface area contributed by atoms with Gasteiger partial charge in [0.2, 0.25) is 0 Å². The summed E-state index contributed by atoms with van der Waals surface area (Å²) >= 11 is 6.56. The molecule has 7 heteroatoms. The van der Waals surface area contributed by atoms with Gasteiger partial charge in [0, 0.05) is 62.1 Å². The Kier molecular flexibility index (Phi) is 6.36. The molecule has 2 aromatic rings. The summed E-state index contributed by atoms with van der Waals surface area (Å²) in [7, 11) is 0. The van der Waals surface area contributed by atoms with Gasteiger partial charge in [0.1, 0.15) is 0 Å². The third-order valence-electron chi connectivity index (χ3n) is 7.36. The molecule has 0 N–H and O–H groups in total. The molecule has 2 unspecified atom stereocenters. The minimum atomic E-state index is -0.0356. The molecule has 5 rings (SSSR count). The summed E-state index contributed by atoms with van der Waals surface area (Å²) in [6, 6.07) is 2.94. The van der Waals surface area contributed by atoms with E-state index in [1.807, 2.05) is 36.0 Å². The van der Waals surface area contributed by atoms with Crippen molar-refractivity contribution in [3.63, 3.8) is 0 Å². The van der Waals surface area contributed by atoms with Crippen LogP contribution in [0, 0.1) is 12.8 Å². The number of halogens is 1. The smallest absolute Gasteiger partial charge is 0.255 e. The fourth-order valence-corrected chi connectivity index (χ4v) is 5.75. The van der Waals surface area contributed by atoms with Crippen molar-refractivity contribution in [3.05, 3.63) is 76.6 Å². The summed E-state index contributed by atoms with van der Waals surface area (Å²) in [6.07, 6.45) is 15.0. The van der Waals surface area contributed by atoms with E-state index in [0.29, 0.717) is 17.1 Å². The van der Waals surface area contributed by atoms with E-state index < -0.39 is 0 Å². The Morgan fingerprint density at radius 3 is 2.63 bits per heavy atom. The first kappa shape index (κ1) is 23.9. The van der Waals surface area contributed by atoms with Gasteiger partial charge in [-0.2, -0.15) is 0 Å². The summed E-state index contributed by atoms with van der Waals surface area (Å²) in [5.74, 6) is 0.141. The first-order chi connectivity index (χ1) is 16.7. The molecule has 2 aromatic heterocycles. The topological polar surface area (TPSA) is 44.1 Å². The number of aryl methyl sites for hydroxylation is 1. The van der Waals surface area contributed by atoms with E-state index in [4.69, 9.17) is 11.6 Å². The summed E-state index contributed by atoms with van der Waals surface area (Å²) in [5, 5.41) is 0.590. The fourth-order valence-electron chi connectivity index (χ4n) is 5.49. The Morgan fingerprint density at radius 2 is 1.89 bits per heavy atom. The average molecular weight is 492 g/mol. The van der Waals surface area contributed by atoms with Crippen molar-refractivity contribution < 1.29 is 4.79 Å². The monoisotopic (exact) mass is 491 g/mol. The second-order valence-electron chi connectivity index (χ2n) is 10.3. The molecule has 0 spiro atoms. The number of hydrogen-bond acceptors (Lipinski definition) is 4. The zero-order valence-electron chi connectivity index (χ0n) is 21.2. The number of aromatic nitrogens is 2. The van der Waals surface area contributed by atoms with E-state index in [9.17, 15) is 4.79 Å². The van der Waals surface area contributed by atoms with Crippen molar-refractivity contribution in [1.82, 2.24) is 24.1 Å². The van der Waals surface area contributed by atoms with Crippen molar-refractivity contribution in [2.45, 2.75) is 53.1 Å². The number of carbonyl (C=O) groups is 1. The highest BCUT2D eigenvalue weighted by atomic mass is 35.5. The number of amides is 1. The summed E-state index contributed by atoms with van der Waals surface area (Å²) in [4.78, 5) is 24.8. The summed E-state index contributed by atoms with van der Waals surface area (Å²) in [6.45, 7) is 13.8. The predicted molar refractivity (Wildman–Crippen MR) is 142 cm³/mol. The van der Waals surface area contributed by atoms with Gasteiger partial charge in [0.15, 0.2) is 5.65 Å². The molecule has 1 amide bonds. The molecule has 6 nitrogen and oxygen atoms in total. The number of carbonyl (C=O) groups excluding carboxylic acids is 1. The molecule has 0 saturated carbocycles. The minimum Gasteiger partial charge on any atom is -0.367 e. The van der Waals surface area contributed by atoms with Gasteiger partial charge in [-0.05, 0) is 69.4 Å². The molecule has 3 aliphatic rings. The van der Waals surface area contributed by atoms with Crippen molar-refractivity contribution in [3.8, 4) is 0 Å². The van der Waals surface area contributed by atoms with Crippen LogP contribution in [-0.2, 0) is 4.79 Å². The Labute approximate surface area is 212 Å². The summed E-state index contributed by atoms with van der Waals surface area (Å²) < 4.78 is 1.95. The number of fused-ring (bicyclic) bond motifs is 2. The second-order valence-corrected chi connectivity index (χ2v) is 10.7. The average Bonchev–Trinajstić information content (AvgIpc) is 3.20. The Hall–Kier alpha value is -2.83. The van der Waals surface area contributed by atoms with Gasteiger partial charge in [-0.25, -0.2) is 4.98 Å². The van der Waals surface area contributed by atoms with Gasteiger partial charge in [0.25, 0.3) is 5.91 Å². The Bertz CT molecular complexity index is 1280. The second kappa shape index (κ2) is 9.32. The third-order valence-corrected chi connectivity index (χ3v) is 7.64. The highest BCUT2D eigenvalue weighted by molar-refractivity contribution is 6.33. The van der Waals surface area contributed by atoms with Gasteiger partial charge in [0.05, 0.1) is 16.4 Å². The van der Waals surface area contributed by atoms with E-state index >= 15 is 0 Å². The molecule has 0 radical (unpaired) electrons. The molecule has 1 fully saturated rings. The number of imidazole rings is 1. The molecule has 184 valence electrons. The quantitative estimate of drug-likeness (QED) is 0.587. The highest BCUT2D eigenvalue weighted by Crippen LogP contribution is 2.33. The van der Waals surface area contributed by atoms with Gasteiger partial charge in [-0.3, -0.25) is 14.6 Å². The summed E-state index contributed by atoms with van der Waals surface area (Å²) in [5.41, 5.74) is 5.62. The van der Waals surface area contributed by atoms with Crippen LogP contribution in [0.1, 0.15) is 45.4 Å². The van der Waals surface area contributed by atoms with Crippen LogP contribution < -0.4 is 0 Å². The highest BCUT2D eigenvalue weighted by Gasteiger charge is 2.29. The zero-order valence-corrected chi connectivity index (χ0v) is 22.0. The maximum Gasteiger partial charge on any atom is 0.255 e. The Balaban J connectivity index is 1.45. The van der Waals surface area contributed by atoms with E-state index in [2.05, 4.69) is 60.7 Å². The van der Waals surface area contributed by atoms with Gasteiger partial charge in [-0.1, -0.05) is 24.6 Å². The number of hydrogen-bond donors (Lipinski definition) is 0. The minimum absolute atomic E-state index is 0.0356. The van der Waals surface area contributed by atoms with Crippen molar-refractivity contribution in [2.24, 2.45) is 5.92 Å². The molecule has 0 aliphatic carbocycles. The number of rotatable bonds is 3. The Morgan fingerprint density at radius 1 is 1.11 bits per heavy atom. The van der Waals surface area contributed by atoms with Crippen LogP contribution in [0.15, 0.2) is 60.4 Å². The SMILES string of the molecule is Cc1cn2cc(C3=CC(=O)N4C=C(N5CCN(C(C)C)C(C)C5)C=CC4=CCC3C)cc(Cl)c2n1. The van der Waals surface area contributed by atoms with Crippen LogP contribution in [0.3, 0.4) is 0 Å². The van der Waals surface area contributed by atoms with E-state index in [-0.39, 0.29) is 11.8 Å². The first-order valence-electron chi connectivity index (χ1n) is 12.5. The first-order valence-corrected chi connectivity index (χ1v) is 12.9. The van der Waals surface area contributed by atoms with Gasteiger partial charge >= 0.3 is 0 Å². The maximum absolute atomic E-state index is 13.6. The fraction of sp³-hybridized carbons (Fsp3) is 0.429. The molecule has 5 heterocycles. The van der Waals surface area contributed by atoms with Crippen LogP contribution in [0.4, 0.5) is 0 Å². The van der Waals surface area contributed by atoms with Crippen molar-refractivity contribution in [1.29, 1.82) is 0 Å². The van der Waals surface area contributed by atoms with Crippen molar-refractivity contribution in [2.75, 3.05) is 19.6 Å². The lowest BCUT2D eigenvalue weighted by atomic mass is 9.90. The van der Waals surface area contributed by atoms with Crippen LogP contribution in [-0.4, -0.2) is 61.7 Å².